The highest BCUT2D eigenvalue weighted by Crippen LogP contribution is 2.27. The van der Waals surface area contributed by atoms with Gasteiger partial charge in [-0.2, -0.15) is 0 Å². The molecule has 0 fully saturated rings. The molecule has 0 atom stereocenters. The second-order valence-corrected chi connectivity index (χ2v) is 6.75. The highest BCUT2D eigenvalue weighted by atomic mass is 35.5. The molecule has 22 heavy (non-hydrogen) atoms. The van der Waals surface area contributed by atoms with E-state index in [9.17, 15) is 8.42 Å². The molecule has 120 valence electrons. The molecule has 8 heteroatoms. The molecule has 0 spiro atoms. The van der Waals surface area contributed by atoms with Gasteiger partial charge in [0.2, 0.25) is 10.0 Å². The number of rotatable bonds is 8. The van der Waals surface area contributed by atoms with E-state index in [1.807, 2.05) is 17.7 Å². The summed E-state index contributed by atoms with van der Waals surface area (Å²) in [5, 5.41) is 0.390. The van der Waals surface area contributed by atoms with Crippen molar-refractivity contribution in [1.82, 2.24) is 14.3 Å². The van der Waals surface area contributed by atoms with Crippen LogP contribution in [-0.2, 0) is 16.6 Å². The molecule has 0 saturated carbocycles. The number of halogens is 1. The lowest BCUT2D eigenvalue weighted by molar-refractivity contribution is 0.339. The lowest BCUT2D eigenvalue weighted by atomic mass is 10.3. The van der Waals surface area contributed by atoms with Gasteiger partial charge in [-0.05, 0) is 25.5 Å². The van der Waals surface area contributed by atoms with Crippen LogP contribution in [0.4, 0.5) is 0 Å². The summed E-state index contributed by atoms with van der Waals surface area (Å²) in [6.07, 6.45) is 5.89. The number of nitrogens with one attached hydrogen (secondary N) is 1. The number of nitrogens with zero attached hydrogens (tertiary/aromatic N) is 2. The fourth-order valence-corrected chi connectivity index (χ4v) is 3.15. The van der Waals surface area contributed by atoms with Gasteiger partial charge in [0.25, 0.3) is 0 Å². The second kappa shape index (κ2) is 7.62. The predicted molar refractivity (Wildman–Crippen MR) is 84.7 cm³/mol. The third-order valence-corrected chi connectivity index (χ3v) is 4.73. The first-order valence-corrected chi connectivity index (χ1v) is 8.77. The zero-order valence-electron chi connectivity index (χ0n) is 12.2. The number of sulfonamides is 1. The lowest BCUT2D eigenvalue weighted by Crippen LogP contribution is -2.25. The van der Waals surface area contributed by atoms with E-state index in [-0.39, 0.29) is 4.90 Å². The predicted octanol–water partition coefficient (Wildman–Crippen LogP) is 2.30. The van der Waals surface area contributed by atoms with Crippen LogP contribution in [-0.4, -0.2) is 31.1 Å². The number of aromatic nitrogens is 2. The average molecular weight is 344 g/mol. The Morgan fingerprint density at radius 3 is 2.91 bits per heavy atom. The van der Waals surface area contributed by atoms with E-state index < -0.39 is 10.0 Å². The Bertz CT molecular complexity index is 702. The first-order chi connectivity index (χ1) is 10.5. The minimum absolute atomic E-state index is 0.142. The Morgan fingerprint density at radius 1 is 1.41 bits per heavy atom. The van der Waals surface area contributed by atoms with Crippen LogP contribution in [0.2, 0.25) is 5.02 Å². The molecule has 0 aliphatic rings. The quantitative estimate of drug-likeness (QED) is 0.746. The van der Waals surface area contributed by atoms with Crippen LogP contribution in [0.3, 0.4) is 0 Å². The van der Waals surface area contributed by atoms with Crippen molar-refractivity contribution < 1.29 is 13.2 Å². The van der Waals surface area contributed by atoms with Crippen LogP contribution in [0.15, 0.2) is 41.8 Å². The minimum Gasteiger partial charge on any atom is -0.492 e. The highest BCUT2D eigenvalue weighted by molar-refractivity contribution is 7.89. The van der Waals surface area contributed by atoms with Crippen molar-refractivity contribution in [3.05, 3.63) is 41.9 Å². The summed E-state index contributed by atoms with van der Waals surface area (Å²) < 4.78 is 34.2. The van der Waals surface area contributed by atoms with Crippen LogP contribution in [0.5, 0.6) is 5.75 Å². The largest absolute Gasteiger partial charge is 0.492 e. The van der Waals surface area contributed by atoms with Crippen molar-refractivity contribution in [2.75, 3.05) is 13.2 Å². The van der Waals surface area contributed by atoms with Crippen LogP contribution in [0, 0.1) is 0 Å². The molecule has 6 nitrogen and oxygen atoms in total. The molecular formula is C14H18ClN3O3S. The number of aryl methyl sites for hydroxylation is 1. The van der Waals surface area contributed by atoms with Gasteiger partial charge in [-0.3, -0.25) is 0 Å². The molecule has 0 aliphatic heterocycles. The summed E-state index contributed by atoms with van der Waals surface area (Å²) in [5.74, 6) is 0.366. The number of hydrogen-bond donors (Lipinski definition) is 1. The summed E-state index contributed by atoms with van der Waals surface area (Å²) in [6.45, 7) is 3.27. The number of benzene rings is 1. The van der Waals surface area contributed by atoms with E-state index in [2.05, 4.69) is 9.71 Å². The lowest BCUT2D eigenvalue weighted by Gasteiger charge is -2.10. The van der Waals surface area contributed by atoms with Gasteiger partial charge in [0, 0.05) is 31.5 Å². The zero-order valence-corrected chi connectivity index (χ0v) is 13.8. The molecule has 0 saturated heterocycles. The maximum atomic E-state index is 12.2. The maximum Gasteiger partial charge on any atom is 0.240 e. The van der Waals surface area contributed by atoms with E-state index in [1.54, 1.807) is 12.5 Å². The van der Waals surface area contributed by atoms with Gasteiger partial charge in [0.1, 0.15) is 5.75 Å². The second-order valence-electron chi connectivity index (χ2n) is 4.58. The Morgan fingerprint density at radius 2 is 2.23 bits per heavy atom. The van der Waals surface area contributed by atoms with Gasteiger partial charge in [-0.15, -0.1) is 0 Å². The normalized spacial score (nSPS) is 11.5. The number of hydrogen-bond acceptors (Lipinski definition) is 4. The maximum absolute atomic E-state index is 12.2. The topological polar surface area (TPSA) is 73.2 Å². The molecule has 0 unspecified atom stereocenters. The molecule has 1 heterocycles. The standard InChI is InChI=1S/C14H18ClN3O3S/c1-2-21-14-10-12(4-5-13(14)15)22(19,20)17-6-3-8-18-9-7-16-11-18/h4-5,7,9-11,17H,2-3,6,8H2,1H3. The highest BCUT2D eigenvalue weighted by Gasteiger charge is 2.15. The summed E-state index contributed by atoms with van der Waals surface area (Å²) in [7, 11) is -3.57. The monoisotopic (exact) mass is 343 g/mol. The van der Waals surface area contributed by atoms with Crippen LogP contribution in [0.25, 0.3) is 0 Å². The van der Waals surface area contributed by atoms with Crippen molar-refractivity contribution in [1.29, 1.82) is 0 Å². The number of ether oxygens (including phenoxy) is 1. The van der Waals surface area contributed by atoms with Crippen LogP contribution in [0.1, 0.15) is 13.3 Å². The fraction of sp³-hybridized carbons (Fsp3) is 0.357. The molecule has 2 rings (SSSR count). The van der Waals surface area contributed by atoms with E-state index in [0.717, 1.165) is 0 Å². The molecular weight excluding hydrogens is 326 g/mol. The summed E-state index contributed by atoms with van der Waals surface area (Å²) >= 11 is 5.96. The van der Waals surface area contributed by atoms with E-state index in [0.29, 0.717) is 36.9 Å². The third kappa shape index (κ3) is 4.46. The molecule has 1 aromatic heterocycles. The molecule has 1 N–H and O–H groups in total. The zero-order chi connectivity index (χ0) is 16.0. The minimum atomic E-state index is -3.57. The van der Waals surface area contributed by atoms with Crippen molar-refractivity contribution >= 4 is 21.6 Å². The summed E-state index contributed by atoms with van der Waals surface area (Å²) in [5.41, 5.74) is 0. The van der Waals surface area contributed by atoms with Crippen molar-refractivity contribution in [3.8, 4) is 5.75 Å². The van der Waals surface area contributed by atoms with Gasteiger partial charge in [-0.1, -0.05) is 11.6 Å². The van der Waals surface area contributed by atoms with Crippen molar-refractivity contribution in [3.63, 3.8) is 0 Å². The third-order valence-electron chi connectivity index (χ3n) is 2.96. The summed E-state index contributed by atoms with van der Waals surface area (Å²) in [4.78, 5) is 4.07. The van der Waals surface area contributed by atoms with Gasteiger partial charge in [-0.25, -0.2) is 18.1 Å². The van der Waals surface area contributed by atoms with Crippen LogP contribution < -0.4 is 9.46 Å². The van der Waals surface area contributed by atoms with E-state index in [1.165, 1.54) is 18.2 Å². The van der Waals surface area contributed by atoms with Crippen molar-refractivity contribution in [2.45, 2.75) is 24.8 Å². The Kier molecular flexibility index (Phi) is 5.82. The SMILES string of the molecule is CCOc1cc(S(=O)(=O)NCCCn2ccnc2)ccc1Cl. The Balaban J connectivity index is 1.96. The first kappa shape index (κ1) is 16.8. The average Bonchev–Trinajstić information content (AvgIpc) is 2.99. The van der Waals surface area contributed by atoms with Crippen molar-refractivity contribution in [2.24, 2.45) is 0 Å². The van der Waals surface area contributed by atoms with Gasteiger partial charge >= 0.3 is 0 Å². The first-order valence-electron chi connectivity index (χ1n) is 6.90. The van der Waals surface area contributed by atoms with Gasteiger partial charge < -0.3 is 9.30 Å². The Labute approximate surface area is 135 Å². The molecule has 0 radical (unpaired) electrons. The van der Waals surface area contributed by atoms with Gasteiger partial charge in [0.15, 0.2) is 0 Å². The molecule has 0 aliphatic carbocycles. The number of imidazole rings is 1. The Hall–Kier alpha value is -1.57. The van der Waals surface area contributed by atoms with Crippen LogP contribution >= 0.6 is 11.6 Å². The molecule has 1 aromatic carbocycles. The van der Waals surface area contributed by atoms with E-state index in [4.69, 9.17) is 16.3 Å². The van der Waals surface area contributed by atoms with E-state index >= 15 is 0 Å². The molecule has 2 aromatic rings. The summed E-state index contributed by atoms with van der Waals surface area (Å²) in [6, 6.07) is 4.42. The fourth-order valence-electron chi connectivity index (χ4n) is 1.89. The van der Waals surface area contributed by atoms with Gasteiger partial charge in [0.05, 0.1) is 22.9 Å². The smallest absolute Gasteiger partial charge is 0.240 e. The molecule has 0 amide bonds. The molecule has 0 bridgehead atoms.